The van der Waals surface area contributed by atoms with Crippen LogP contribution in [0.2, 0.25) is 0 Å². The van der Waals surface area contributed by atoms with Crippen molar-refractivity contribution in [1.29, 1.82) is 0 Å². The number of benzene rings is 3. The molecule has 0 radical (unpaired) electrons. The van der Waals surface area contributed by atoms with Crippen LogP contribution >= 0.6 is 0 Å². The monoisotopic (exact) mass is 486 g/mol. The van der Waals surface area contributed by atoms with Gasteiger partial charge in [-0.2, -0.15) is 0 Å². The van der Waals surface area contributed by atoms with Crippen molar-refractivity contribution < 1.29 is 19.3 Å². The molecule has 1 aromatic heterocycles. The number of aromatic nitrogens is 1. The van der Waals surface area contributed by atoms with Gasteiger partial charge in [-0.15, -0.1) is 0 Å². The Kier molecular flexibility index (Phi) is 6.93. The minimum Gasteiger partial charge on any atom is -0.493 e. The fourth-order valence-electron chi connectivity index (χ4n) is 4.87. The minimum atomic E-state index is -0.755. The fraction of sp³-hybridized carbons (Fsp3) is 0.276. The first kappa shape index (κ1) is 23.9. The molecule has 1 aliphatic carbocycles. The smallest absolute Gasteiger partial charge is 0.248 e. The number of aromatic amines is 1. The lowest BCUT2D eigenvalue weighted by Crippen LogP contribution is -2.33. The molecule has 0 spiro atoms. The van der Waals surface area contributed by atoms with E-state index >= 15 is 0 Å². The second-order valence-electron chi connectivity index (χ2n) is 9.04. The van der Waals surface area contributed by atoms with Crippen molar-refractivity contribution in [3.8, 4) is 17.2 Å². The highest BCUT2D eigenvalue weighted by Crippen LogP contribution is 2.35. The molecule has 1 aliphatic rings. The standard InChI is InChI=1S/C29H30N2O5/c1-34-26-14-19-12-21(13-20(19)15-27(26)35-2)30-16-24(32)22-8-10-25(29-23(22)9-11-28(33)31-29)36-17-18-6-4-3-5-7-18/h3-11,14-15,21,24,30,32H,12-13,16-17H2,1-2H3,(H,31,33)/t24-/m0/s1. The summed E-state index contributed by atoms with van der Waals surface area (Å²) in [6, 6.07) is 21.0. The molecule has 1 atom stereocenters. The van der Waals surface area contributed by atoms with Gasteiger partial charge < -0.3 is 29.6 Å². The molecule has 3 aromatic carbocycles. The molecule has 186 valence electrons. The molecular formula is C29H30N2O5. The number of methoxy groups -OCH3 is 2. The van der Waals surface area contributed by atoms with Crippen LogP contribution in [0, 0.1) is 0 Å². The summed E-state index contributed by atoms with van der Waals surface area (Å²) >= 11 is 0. The minimum absolute atomic E-state index is 0.200. The van der Waals surface area contributed by atoms with Gasteiger partial charge in [0.1, 0.15) is 12.4 Å². The van der Waals surface area contributed by atoms with Gasteiger partial charge in [-0.05, 0) is 59.4 Å². The zero-order chi connectivity index (χ0) is 25.1. The molecule has 0 bridgehead atoms. The summed E-state index contributed by atoms with van der Waals surface area (Å²) < 4.78 is 16.9. The molecular weight excluding hydrogens is 456 g/mol. The maximum Gasteiger partial charge on any atom is 0.248 e. The van der Waals surface area contributed by atoms with Crippen LogP contribution in [0.5, 0.6) is 17.2 Å². The number of pyridine rings is 1. The first-order valence-corrected chi connectivity index (χ1v) is 12.0. The number of ether oxygens (including phenoxy) is 3. The molecule has 3 N–H and O–H groups in total. The molecule has 7 heteroatoms. The molecule has 0 saturated carbocycles. The number of nitrogens with one attached hydrogen (secondary N) is 2. The molecule has 0 saturated heterocycles. The Balaban J connectivity index is 1.30. The lowest BCUT2D eigenvalue weighted by molar-refractivity contribution is 0.171. The number of rotatable bonds is 9. The summed E-state index contributed by atoms with van der Waals surface area (Å²) in [5, 5.41) is 15.4. The average molecular weight is 487 g/mol. The summed E-state index contributed by atoms with van der Waals surface area (Å²) in [5.74, 6) is 2.03. The molecule has 36 heavy (non-hydrogen) atoms. The number of H-pyrrole nitrogens is 1. The quantitative estimate of drug-likeness (QED) is 0.332. The molecule has 0 unspecified atom stereocenters. The van der Waals surface area contributed by atoms with Gasteiger partial charge in [-0.3, -0.25) is 4.79 Å². The zero-order valence-corrected chi connectivity index (χ0v) is 20.4. The molecule has 1 heterocycles. The average Bonchev–Trinajstić information content (AvgIpc) is 3.31. The first-order chi connectivity index (χ1) is 17.6. The predicted octanol–water partition coefficient (Wildman–Crippen LogP) is 3.91. The highest BCUT2D eigenvalue weighted by Gasteiger charge is 2.25. The van der Waals surface area contributed by atoms with E-state index in [0.29, 0.717) is 24.4 Å². The van der Waals surface area contributed by atoms with E-state index in [9.17, 15) is 9.90 Å². The van der Waals surface area contributed by atoms with E-state index in [-0.39, 0.29) is 11.6 Å². The topological polar surface area (TPSA) is 92.8 Å². The Labute approximate surface area is 209 Å². The molecule has 0 aliphatic heterocycles. The van der Waals surface area contributed by atoms with Crippen molar-refractivity contribution in [2.24, 2.45) is 0 Å². The van der Waals surface area contributed by atoms with Crippen molar-refractivity contribution in [3.05, 3.63) is 99.3 Å². The lowest BCUT2D eigenvalue weighted by Gasteiger charge is -2.19. The summed E-state index contributed by atoms with van der Waals surface area (Å²) in [4.78, 5) is 15.0. The van der Waals surface area contributed by atoms with E-state index in [1.807, 2.05) is 54.6 Å². The van der Waals surface area contributed by atoms with Crippen LogP contribution < -0.4 is 25.1 Å². The number of hydrogen-bond acceptors (Lipinski definition) is 6. The summed E-state index contributed by atoms with van der Waals surface area (Å²) in [6.45, 7) is 0.763. The third-order valence-electron chi connectivity index (χ3n) is 6.73. The van der Waals surface area contributed by atoms with Crippen LogP contribution in [-0.2, 0) is 19.4 Å². The van der Waals surface area contributed by atoms with Gasteiger partial charge in [0.2, 0.25) is 5.56 Å². The van der Waals surface area contributed by atoms with Crippen LogP contribution in [-0.4, -0.2) is 36.9 Å². The van der Waals surface area contributed by atoms with Gasteiger partial charge in [-0.1, -0.05) is 36.4 Å². The Hall–Kier alpha value is -3.81. The Bertz CT molecular complexity index is 1380. The first-order valence-electron chi connectivity index (χ1n) is 12.0. The van der Waals surface area contributed by atoms with Crippen LogP contribution in [0.3, 0.4) is 0 Å². The van der Waals surface area contributed by atoms with Gasteiger partial charge in [0.05, 0.1) is 25.8 Å². The largest absolute Gasteiger partial charge is 0.493 e. The van der Waals surface area contributed by atoms with E-state index in [2.05, 4.69) is 10.3 Å². The van der Waals surface area contributed by atoms with Crippen LogP contribution in [0.25, 0.3) is 10.9 Å². The van der Waals surface area contributed by atoms with E-state index in [1.54, 1.807) is 20.3 Å². The van der Waals surface area contributed by atoms with Crippen LogP contribution in [0.4, 0.5) is 0 Å². The molecule has 0 amide bonds. The van der Waals surface area contributed by atoms with Crippen LogP contribution in [0.1, 0.15) is 28.4 Å². The van der Waals surface area contributed by atoms with E-state index < -0.39 is 6.10 Å². The maximum atomic E-state index is 12.1. The molecule has 4 aromatic rings. The van der Waals surface area contributed by atoms with E-state index in [4.69, 9.17) is 14.2 Å². The molecule has 5 rings (SSSR count). The van der Waals surface area contributed by atoms with Crippen molar-refractivity contribution >= 4 is 10.9 Å². The summed E-state index contributed by atoms with van der Waals surface area (Å²) in [5.41, 5.74) is 4.59. The van der Waals surface area contributed by atoms with Crippen molar-refractivity contribution in [3.63, 3.8) is 0 Å². The van der Waals surface area contributed by atoms with E-state index in [0.717, 1.165) is 40.9 Å². The van der Waals surface area contributed by atoms with Gasteiger partial charge in [0.25, 0.3) is 0 Å². The Morgan fingerprint density at radius 3 is 2.31 bits per heavy atom. The van der Waals surface area contributed by atoms with E-state index in [1.165, 1.54) is 17.2 Å². The van der Waals surface area contributed by atoms with Crippen molar-refractivity contribution in [2.45, 2.75) is 31.6 Å². The lowest BCUT2D eigenvalue weighted by atomic mass is 10.0. The Morgan fingerprint density at radius 2 is 1.64 bits per heavy atom. The maximum absolute atomic E-state index is 12.1. The second-order valence-corrected chi connectivity index (χ2v) is 9.04. The zero-order valence-electron chi connectivity index (χ0n) is 20.4. The highest BCUT2D eigenvalue weighted by atomic mass is 16.5. The highest BCUT2D eigenvalue weighted by molar-refractivity contribution is 5.87. The third kappa shape index (κ3) is 4.94. The fourth-order valence-corrected chi connectivity index (χ4v) is 4.87. The van der Waals surface area contributed by atoms with Crippen LogP contribution in [0.15, 0.2) is 71.5 Å². The Morgan fingerprint density at radius 1 is 0.944 bits per heavy atom. The molecule has 7 nitrogen and oxygen atoms in total. The number of aliphatic hydroxyl groups is 1. The van der Waals surface area contributed by atoms with Crippen molar-refractivity contribution in [2.75, 3.05) is 20.8 Å². The summed E-state index contributed by atoms with van der Waals surface area (Å²) in [7, 11) is 3.28. The third-order valence-corrected chi connectivity index (χ3v) is 6.73. The number of hydrogen-bond donors (Lipinski definition) is 3. The van der Waals surface area contributed by atoms with Gasteiger partial charge >= 0.3 is 0 Å². The molecule has 0 fully saturated rings. The van der Waals surface area contributed by atoms with Gasteiger partial charge in [0.15, 0.2) is 11.5 Å². The normalized spacial score (nSPS) is 14.0. The number of fused-ring (bicyclic) bond motifs is 2. The SMILES string of the molecule is COc1cc2c(cc1OC)CC(NC[C@H](O)c1ccc(OCc3ccccc3)c3[nH]c(=O)ccc13)C2. The van der Waals surface area contributed by atoms with Gasteiger partial charge in [0, 0.05) is 24.0 Å². The summed E-state index contributed by atoms with van der Waals surface area (Å²) in [6.07, 6.45) is 0.945. The van der Waals surface area contributed by atoms with Crippen molar-refractivity contribution in [1.82, 2.24) is 10.3 Å². The second kappa shape index (κ2) is 10.4. The number of aliphatic hydroxyl groups excluding tert-OH is 1. The van der Waals surface area contributed by atoms with Gasteiger partial charge in [-0.25, -0.2) is 0 Å². The predicted molar refractivity (Wildman–Crippen MR) is 139 cm³/mol.